The molecule has 0 rings (SSSR count). The van der Waals surface area contributed by atoms with Gasteiger partial charge in [-0.1, -0.05) is 15.9 Å². The fourth-order valence-electron chi connectivity index (χ4n) is 0.362. The van der Waals surface area contributed by atoms with E-state index in [1.54, 1.807) is 0 Å². The average Bonchev–Trinajstić information content (AvgIpc) is 2.00. The number of hydrogen-bond donors (Lipinski definition) is 2. The highest BCUT2D eigenvalue weighted by Crippen LogP contribution is 2.06. The maximum atomic E-state index is 10.6. The van der Waals surface area contributed by atoms with Crippen LogP contribution in [0.25, 0.3) is 0 Å². The van der Waals surface area contributed by atoms with Gasteiger partial charge in [-0.25, -0.2) is 0 Å². The summed E-state index contributed by atoms with van der Waals surface area (Å²) in [5.74, 6) is -0.596. The van der Waals surface area contributed by atoms with Crippen LogP contribution in [0.4, 0.5) is 0 Å². The van der Waals surface area contributed by atoms with E-state index in [4.69, 9.17) is 10.2 Å². The zero-order valence-electron chi connectivity index (χ0n) is 5.45. The van der Waals surface area contributed by atoms with Gasteiger partial charge >= 0.3 is 5.97 Å². The van der Waals surface area contributed by atoms with E-state index >= 15 is 0 Å². The van der Waals surface area contributed by atoms with Crippen molar-refractivity contribution in [3.63, 3.8) is 0 Å². The van der Waals surface area contributed by atoms with Crippen molar-refractivity contribution in [3.05, 3.63) is 0 Å². The largest absolute Gasteiger partial charge is 0.468 e. The van der Waals surface area contributed by atoms with Crippen molar-refractivity contribution < 1.29 is 19.7 Å². The van der Waals surface area contributed by atoms with Crippen molar-refractivity contribution in [1.82, 2.24) is 0 Å². The van der Waals surface area contributed by atoms with Crippen molar-refractivity contribution in [3.8, 4) is 0 Å². The molecule has 0 saturated carbocycles. The SMILES string of the molecule is COC(=O)[C@H](Br)[C@@H](O)CO. The number of carbonyl (C=O) groups excluding carboxylic acids is 1. The van der Waals surface area contributed by atoms with Crippen LogP contribution in [0.1, 0.15) is 0 Å². The molecule has 0 aliphatic rings. The molecule has 60 valence electrons. The number of methoxy groups -OCH3 is 1. The highest BCUT2D eigenvalue weighted by Gasteiger charge is 2.23. The Morgan fingerprint density at radius 1 is 1.80 bits per heavy atom. The van der Waals surface area contributed by atoms with E-state index in [9.17, 15) is 4.79 Å². The number of esters is 1. The van der Waals surface area contributed by atoms with E-state index in [0.29, 0.717) is 0 Å². The molecule has 10 heavy (non-hydrogen) atoms. The fourth-order valence-corrected chi connectivity index (χ4v) is 0.716. The number of rotatable bonds is 3. The van der Waals surface area contributed by atoms with E-state index < -0.39 is 23.5 Å². The molecule has 5 heteroatoms. The minimum absolute atomic E-state index is 0.467. The third-order valence-corrected chi connectivity index (χ3v) is 1.94. The molecular weight excluding hydrogens is 204 g/mol. The van der Waals surface area contributed by atoms with Crippen molar-refractivity contribution >= 4 is 21.9 Å². The molecule has 0 aromatic carbocycles. The van der Waals surface area contributed by atoms with Crippen LogP contribution in [0, 0.1) is 0 Å². The molecule has 0 aliphatic carbocycles. The lowest BCUT2D eigenvalue weighted by molar-refractivity contribution is -0.142. The summed E-state index contributed by atoms with van der Waals surface area (Å²) < 4.78 is 4.28. The van der Waals surface area contributed by atoms with Crippen LogP contribution in [-0.2, 0) is 9.53 Å². The van der Waals surface area contributed by atoms with Crippen molar-refractivity contribution in [2.45, 2.75) is 10.9 Å². The third kappa shape index (κ3) is 2.64. The minimum atomic E-state index is -1.10. The van der Waals surface area contributed by atoms with Gasteiger partial charge in [-0.3, -0.25) is 4.79 Å². The average molecular weight is 213 g/mol. The van der Waals surface area contributed by atoms with Crippen LogP contribution in [0.5, 0.6) is 0 Å². The first-order chi connectivity index (χ1) is 4.63. The van der Waals surface area contributed by atoms with Gasteiger partial charge < -0.3 is 14.9 Å². The summed E-state index contributed by atoms with van der Waals surface area (Å²) in [6.45, 7) is -0.467. The summed E-state index contributed by atoms with van der Waals surface area (Å²) in [6.07, 6.45) is -1.10. The molecule has 0 aliphatic heterocycles. The van der Waals surface area contributed by atoms with Crippen molar-refractivity contribution in [1.29, 1.82) is 0 Å². The molecule has 0 spiro atoms. The van der Waals surface area contributed by atoms with Crippen LogP contribution in [-0.4, -0.2) is 40.8 Å². The predicted molar refractivity (Wildman–Crippen MR) is 37.8 cm³/mol. The molecule has 0 amide bonds. The van der Waals surface area contributed by atoms with Crippen LogP contribution in [0.15, 0.2) is 0 Å². The molecule has 0 aromatic rings. The van der Waals surface area contributed by atoms with Gasteiger partial charge in [-0.05, 0) is 0 Å². The van der Waals surface area contributed by atoms with Crippen molar-refractivity contribution in [2.75, 3.05) is 13.7 Å². The fraction of sp³-hybridized carbons (Fsp3) is 0.800. The van der Waals surface area contributed by atoms with Gasteiger partial charge in [0.15, 0.2) is 0 Å². The summed E-state index contributed by atoms with van der Waals surface area (Å²) in [4.78, 5) is 9.73. The second kappa shape index (κ2) is 4.65. The molecule has 2 atom stereocenters. The highest BCUT2D eigenvalue weighted by atomic mass is 79.9. The molecule has 0 fully saturated rings. The molecule has 0 radical (unpaired) electrons. The molecule has 0 aromatic heterocycles. The normalized spacial score (nSPS) is 16.0. The van der Waals surface area contributed by atoms with E-state index in [1.165, 1.54) is 7.11 Å². The van der Waals surface area contributed by atoms with Crippen molar-refractivity contribution in [2.24, 2.45) is 0 Å². The van der Waals surface area contributed by atoms with E-state index in [-0.39, 0.29) is 0 Å². The number of ether oxygens (including phenoxy) is 1. The number of hydrogen-bond acceptors (Lipinski definition) is 4. The molecule has 0 bridgehead atoms. The molecule has 0 unspecified atom stereocenters. The molecule has 2 N–H and O–H groups in total. The second-order valence-electron chi connectivity index (χ2n) is 1.67. The molecule has 0 saturated heterocycles. The van der Waals surface area contributed by atoms with Gasteiger partial charge in [0.2, 0.25) is 0 Å². The number of alkyl halides is 1. The number of aliphatic hydroxyl groups excluding tert-OH is 2. The van der Waals surface area contributed by atoms with Gasteiger partial charge in [-0.2, -0.15) is 0 Å². The lowest BCUT2D eigenvalue weighted by atomic mass is 10.3. The monoisotopic (exact) mass is 212 g/mol. The van der Waals surface area contributed by atoms with Crippen LogP contribution in [0.3, 0.4) is 0 Å². The first-order valence-corrected chi connectivity index (χ1v) is 3.56. The Balaban J connectivity index is 3.81. The summed E-state index contributed by atoms with van der Waals surface area (Å²) in [5.41, 5.74) is 0. The lowest BCUT2D eigenvalue weighted by Crippen LogP contribution is -2.32. The summed E-state index contributed by atoms with van der Waals surface area (Å²) in [5, 5.41) is 17.2. The third-order valence-electron chi connectivity index (χ3n) is 0.951. The zero-order valence-corrected chi connectivity index (χ0v) is 7.04. The molecule has 0 heterocycles. The summed E-state index contributed by atoms with van der Waals surface area (Å²) >= 11 is 2.84. The molecule has 4 nitrogen and oxygen atoms in total. The Kier molecular flexibility index (Phi) is 4.59. The lowest BCUT2D eigenvalue weighted by Gasteiger charge is -2.11. The maximum absolute atomic E-state index is 10.6. The molecular formula is C5H9BrO4. The van der Waals surface area contributed by atoms with Crippen LogP contribution in [0.2, 0.25) is 0 Å². The quantitative estimate of drug-likeness (QED) is 0.479. The van der Waals surface area contributed by atoms with Gasteiger partial charge in [0, 0.05) is 0 Å². The maximum Gasteiger partial charge on any atom is 0.322 e. The van der Waals surface area contributed by atoms with Crippen LogP contribution < -0.4 is 0 Å². The topological polar surface area (TPSA) is 66.8 Å². The second-order valence-corrected chi connectivity index (χ2v) is 2.66. The van der Waals surface area contributed by atoms with E-state index in [1.807, 2.05) is 0 Å². The number of aliphatic hydroxyl groups is 2. The number of halogens is 1. The smallest absolute Gasteiger partial charge is 0.322 e. The predicted octanol–water partition coefficient (Wildman–Crippen LogP) is -0.724. The van der Waals surface area contributed by atoms with Gasteiger partial charge in [0.25, 0.3) is 0 Å². The zero-order chi connectivity index (χ0) is 8.15. The van der Waals surface area contributed by atoms with Crippen LogP contribution >= 0.6 is 15.9 Å². The standard InChI is InChI=1S/C5H9BrO4/c1-10-5(9)4(6)3(8)2-7/h3-4,7-8H,2H2,1H3/t3-,4+/m0/s1. The Hall–Kier alpha value is -0.130. The summed E-state index contributed by atoms with van der Waals surface area (Å²) in [7, 11) is 1.21. The van der Waals surface area contributed by atoms with Gasteiger partial charge in [-0.15, -0.1) is 0 Å². The summed E-state index contributed by atoms with van der Waals surface area (Å²) in [6, 6.07) is 0. The van der Waals surface area contributed by atoms with E-state index in [2.05, 4.69) is 20.7 Å². The Morgan fingerprint density at radius 2 is 2.30 bits per heavy atom. The Bertz CT molecular complexity index is 116. The van der Waals surface area contributed by atoms with E-state index in [0.717, 1.165) is 0 Å². The number of carbonyl (C=O) groups is 1. The van der Waals surface area contributed by atoms with Gasteiger partial charge in [0.1, 0.15) is 10.9 Å². The minimum Gasteiger partial charge on any atom is -0.468 e. The first-order valence-electron chi connectivity index (χ1n) is 2.64. The van der Waals surface area contributed by atoms with Gasteiger partial charge in [0.05, 0.1) is 13.7 Å². The Morgan fingerprint density at radius 3 is 2.60 bits per heavy atom. The Labute approximate surface area is 66.9 Å². The highest BCUT2D eigenvalue weighted by molar-refractivity contribution is 9.10. The first kappa shape index (κ1) is 9.87.